The Bertz CT molecular complexity index is 1230. The maximum atomic E-state index is 13.7. The Morgan fingerprint density at radius 3 is 2.56 bits per heavy atom. The topological polar surface area (TPSA) is 111 Å². The number of nitrogens with one attached hydrogen (secondary N) is 2. The summed E-state index contributed by atoms with van der Waals surface area (Å²) in [6.45, 7) is -0.396. The molecule has 0 atom stereocenters. The molecular weight excluding hydrogens is 415 g/mol. The summed E-state index contributed by atoms with van der Waals surface area (Å²) in [4.78, 5) is 32.9. The maximum Gasteiger partial charge on any atom is 0.262 e. The Balaban J connectivity index is 1.39. The number of anilines is 2. The van der Waals surface area contributed by atoms with Crippen molar-refractivity contribution in [3.63, 3.8) is 0 Å². The number of benzene rings is 2. The highest BCUT2D eigenvalue weighted by Gasteiger charge is 2.15. The van der Waals surface area contributed by atoms with Crippen LogP contribution in [0.4, 0.5) is 15.8 Å². The third-order valence-electron chi connectivity index (χ3n) is 4.30. The van der Waals surface area contributed by atoms with Crippen molar-refractivity contribution in [3.8, 4) is 11.6 Å². The normalized spacial score (nSPS) is 10.4. The lowest BCUT2D eigenvalue weighted by Gasteiger charge is -2.12. The van der Waals surface area contributed by atoms with Gasteiger partial charge in [-0.3, -0.25) is 9.59 Å². The minimum absolute atomic E-state index is 0.0500. The van der Waals surface area contributed by atoms with Crippen molar-refractivity contribution in [1.29, 1.82) is 0 Å². The number of aromatic nitrogens is 4. The van der Waals surface area contributed by atoms with Gasteiger partial charge in [0, 0.05) is 0 Å². The quantitative estimate of drug-likeness (QED) is 0.464. The van der Waals surface area contributed by atoms with E-state index in [9.17, 15) is 14.0 Å². The number of amides is 2. The molecule has 4 aromatic rings. The molecule has 9 nitrogen and oxygen atoms in total. The van der Waals surface area contributed by atoms with Crippen LogP contribution in [-0.4, -0.2) is 38.2 Å². The Kier molecular flexibility index (Phi) is 6.12. The summed E-state index contributed by atoms with van der Waals surface area (Å²) < 4.78 is 20.7. The van der Waals surface area contributed by atoms with Gasteiger partial charge in [0.25, 0.3) is 11.8 Å². The van der Waals surface area contributed by atoms with Crippen molar-refractivity contribution in [1.82, 2.24) is 19.7 Å². The number of halogens is 1. The zero-order chi connectivity index (χ0) is 22.3. The molecule has 2 aromatic carbocycles. The number of pyridine rings is 1. The molecule has 0 aliphatic rings. The molecule has 0 aliphatic heterocycles. The van der Waals surface area contributed by atoms with Gasteiger partial charge >= 0.3 is 0 Å². The first-order valence-electron chi connectivity index (χ1n) is 9.49. The molecule has 0 spiro atoms. The van der Waals surface area contributed by atoms with Crippen LogP contribution >= 0.6 is 0 Å². The lowest BCUT2D eigenvalue weighted by Crippen LogP contribution is -2.22. The number of para-hydroxylation sites is 2. The number of hydrogen-bond acceptors (Lipinski definition) is 6. The molecule has 2 amide bonds. The molecule has 32 heavy (non-hydrogen) atoms. The van der Waals surface area contributed by atoms with Crippen molar-refractivity contribution < 1.29 is 18.7 Å². The first-order chi connectivity index (χ1) is 15.6. The fourth-order valence-corrected chi connectivity index (χ4v) is 2.79. The third kappa shape index (κ3) is 4.93. The Morgan fingerprint density at radius 2 is 1.81 bits per heavy atom. The minimum Gasteiger partial charge on any atom is -0.483 e. The van der Waals surface area contributed by atoms with Crippen molar-refractivity contribution >= 4 is 23.2 Å². The van der Waals surface area contributed by atoms with Crippen molar-refractivity contribution in [2.24, 2.45) is 0 Å². The second kappa shape index (κ2) is 9.47. The molecule has 0 saturated carbocycles. The van der Waals surface area contributed by atoms with E-state index in [1.807, 2.05) is 0 Å². The van der Waals surface area contributed by atoms with E-state index in [4.69, 9.17) is 4.74 Å². The summed E-state index contributed by atoms with van der Waals surface area (Å²) in [7, 11) is 0. The zero-order valence-corrected chi connectivity index (χ0v) is 16.6. The van der Waals surface area contributed by atoms with Crippen LogP contribution in [0.3, 0.4) is 0 Å². The van der Waals surface area contributed by atoms with E-state index in [1.54, 1.807) is 42.5 Å². The first-order valence-corrected chi connectivity index (χ1v) is 9.49. The number of hydrogen-bond donors (Lipinski definition) is 2. The predicted octanol–water partition coefficient (Wildman–Crippen LogP) is 3.07. The first kappa shape index (κ1) is 20.7. The summed E-state index contributed by atoms with van der Waals surface area (Å²) in [5.41, 5.74) is 0.742. The highest BCUT2D eigenvalue weighted by atomic mass is 19.1. The van der Waals surface area contributed by atoms with Gasteiger partial charge in [-0.15, -0.1) is 0 Å². The zero-order valence-electron chi connectivity index (χ0n) is 16.6. The van der Waals surface area contributed by atoms with Crippen LogP contribution in [0.2, 0.25) is 0 Å². The summed E-state index contributed by atoms with van der Waals surface area (Å²) in [5, 5.41) is 9.14. The molecule has 4 rings (SSSR count). The van der Waals surface area contributed by atoms with Gasteiger partial charge in [0.2, 0.25) is 0 Å². The average molecular weight is 432 g/mol. The molecule has 2 N–H and O–H groups in total. The van der Waals surface area contributed by atoms with E-state index in [0.717, 1.165) is 0 Å². The van der Waals surface area contributed by atoms with E-state index >= 15 is 0 Å². The summed E-state index contributed by atoms with van der Waals surface area (Å²) in [6, 6.07) is 15.6. The predicted molar refractivity (Wildman–Crippen MR) is 114 cm³/mol. The van der Waals surface area contributed by atoms with Crippen molar-refractivity contribution in [3.05, 3.63) is 90.9 Å². The molecule has 0 bridgehead atoms. The van der Waals surface area contributed by atoms with E-state index in [-0.39, 0.29) is 17.0 Å². The number of carbonyl (C=O) groups is 2. The van der Waals surface area contributed by atoms with Gasteiger partial charge in [-0.2, -0.15) is 5.10 Å². The highest BCUT2D eigenvalue weighted by molar-refractivity contribution is 6.06. The molecule has 2 aromatic heterocycles. The van der Waals surface area contributed by atoms with Gasteiger partial charge in [0.15, 0.2) is 12.4 Å². The van der Waals surface area contributed by atoms with Crippen LogP contribution in [0.5, 0.6) is 5.75 Å². The van der Waals surface area contributed by atoms with E-state index in [1.165, 1.54) is 41.7 Å². The van der Waals surface area contributed by atoms with Crippen molar-refractivity contribution in [2.75, 3.05) is 17.2 Å². The van der Waals surface area contributed by atoms with E-state index < -0.39 is 24.2 Å². The SMILES string of the molecule is O=C(COc1ccccc1C(=O)Nc1ccc(-n2cncn2)nc1)Nc1ccccc1F. The summed E-state index contributed by atoms with van der Waals surface area (Å²) in [5.74, 6) is -0.793. The van der Waals surface area contributed by atoms with Crippen LogP contribution in [0, 0.1) is 5.82 Å². The van der Waals surface area contributed by atoms with Crippen LogP contribution < -0.4 is 15.4 Å². The summed E-state index contributed by atoms with van der Waals surface area (Å²) in [6.07, 6.45) is 4.39. The molecule has 0 fully saturated rings. The Hall–Kier alpha value is -4.60. The second-order valence-electron chi connectivity index (χ2n) is 6.51. The van der Waals surface area contributed by atoms with Crippen LogP contribution in [0.1, 0.15) is 10.4 Å². The number of nitrogens with zero attached hydrogens (tertiary/aromatic N) is 4. The molecular formula is C22H17FN6O3. The fourth-order valence-electron chi connectivity index (χ4n) is 2.79. The Morgan fingerprint density at radius 1 is 1.00 bits per heavy atom. The van der Waals surface area contributed by atoms with Gasteiger partial charge in [-0.25, -0.2) is 19.0 Å². The summed E-state index contributed by atoms with van der Waals surface area (Å²) >= 11 is 0. The lowest BCUT2D eigenvalue weighted by atomic mass is 10.2. The fraction of sp³-hybridized carbons (Fsp3) is 0.0455. The van der Waals surface area contributed by atoms with Crippen LogP contribution in [-0.2, 0) is 4.79 Å². The smallest absolute Gasteiger partial charge is 0.262 e. The van der Waals surface area contributed by atoms with Crippen LogP contribution in [0.15, 0.2) is 79.5 Å². The van der Waals surface area contributed by atoms with Gasteiger partial charge in [0.05, 0.1) is 23.1 Å². The minimum atomic E-state index is -0.557. The highest BCUT2D eigenvalue weighted by Crippen LogP contribution is 2.20. The molecule has 160 valence electrons. The second-order valence-corrected chi connectivity index (χ2v) is 6.51. The monoisotopic (exact) mass is 432 g/mol. The largest absolute Gasteiger partial charge is 0.483 e. The number of ether oxygens (including phenoxy) is 1. The molecule has 0 saturated heterocycles. The van der Waals surface area contributed by atoms with Gasteiger partial charge in [0.1, 0.15) is 24.2 Å². The molecule has 10 heteroatoms. The number of rotatable bonds is 7. The van der Waals surface area contributed by atoms with Gasteiger partial charge in [-0.1, -0.05) is 24.3 Å². The number of carbonyl (C=O) groups excluding carboxylic acids is 2. The average Bonchev–Trinajstić information content (AvgIpc) is 3.35. The maximum absolute atomic E-state index is 13.7. The molecule has 0 radical (unpaired) electrons. The molecule has 0 unspecified atom stereocenters. The lowest BCUT2D eigenvalue weighted by molar-refractivity contribution is -0.118. The van der Waals surface area contributed by atoms with E-state index in [2.05, 4.69) is 25.7 Å². The molecule has 0 aliphatic carbocycles. The van der Waals surface area contributed by atoms with Crippen molar-refractivity contribution in [2.45, 2.75) is 0 Å². The van der Waals surface area contributed by atoms with E-state index in [0.29, 0.717) is 11.5 Å². The van der Waals surface area contributed by atoms with Gasteiger partial charge in [-0.05, 0) is 36.4 Å². The Labute approximate surface area is 181 Å². The standard InChI is InChI=1S/C22H17FN6O3/c23-17-6-2-3-7-18(17)28-21(30)12-32-19-8-4-1-5-16(19)22(31)27-15-9-10-20(25-11-15)29-14-24-13-26-29/h1-11,13-14H,12H2,(H,27,31)(H,28,30). The molecule has 2 heterocycles. The van der Waals surface area contributed by atoms with Gasteiger partial charge < -0.3 is 15.4 Å². The third-order valence-corrected chi connectivity index (χ3v) is 4.30. The van der Waals surface area contributed by atoms with Crippen LogP contribution in [0.25, 0.3) is 5.82 Å².